The second kappa shape index (κ2) is 6.24. The van der Waals surface area contributed by atoms with Gasteiger partial charge in [0.15, 0.2) is 0 Å². The smallest absolute Gasteiger partial charge is 0.377 e. The third-order valence-electron chi connectivity index (χ3n) is 2.14. The molecule has 0 aliphatic heterocycles. The molecule has 1 atom stereocenters. The van der Waals surface area contributed by atoms with E-state index in [0.29, 0.717) is 13.2 Å². The number of nitrogens with zero attached hydrogens (tertiary/aromatic N) is 1. The lowest BCUT2D eigenvalue weighted by molar-refractivity contribution is -0.137. The number of halogens is 4. The monoisotopic (exact) mass is 282 g/mol. The fraction of sp³-hybridized carbons (Fsp3) is 0.545. The van der Waals surface area contributed by atoms with Gasteiger partial charge in [0, 0.05) is 13.2 Å². The summed E-state index contributed by atoms with van der Waals surface area (Å²) in [4.78, 5) is 3.78. The maximum Gasteiger partial charge on any atom is 0.416 e. The van der Waals surface area contributed by atoms with Gasteiger partial charge in [0.2, 0.25) is 0 Å². The first-order valence-electron chi connectivity index (χ1n) is 5.43. The van der Waals surface area contributed by atoms with Crippen LogP contribution in [0.25, 0.3) is 0 Å². The van der Waals surface area contributed by atoms with Gasteiger partial charge in [0.05, 0.1) is 11.7 Å². The predicted molar refractivity (Wildman–Crippen MR) is 63.8 cm³/mol. The van der Waals surface area contributed by atoms with Crippen LogP contribution in [0.15, 0.2) is 12.1 Å². The number of ether oxygens (including phenoxy) is 1. The molecule has 0 amide bonds. The van der Waals surface area contributed by atoms with E-state index in [0.717, 1.165) is 12.1 Å². The summed E-state index contributed by atoms with van der Waals surface area (Å²) in [5.41, 5.74) is -0.825. The van der Waals surface area contributed by atoms with Crippen molar-refractivity contribution in [1.82, 2.24) is 4.98 Å². The summed E-state index contributed by atoms with van der Waals surface area (Å²) >= 11 is 5.55. The van der Waals surface area contributed by atoms with E-state index in [9.17, 15) is 13.2 Å². The van der Waals surface area contributed by atoms with Crippen LogP contribution in [0, 0.1) is 0 Å². The highest BCUT2D eigenvalue weighted by Gasteiger charge is 2.31. The van der Waals surface area contributed by atoms with E-state index in [1.807, 2.05) is 13.8 Å². The number of hydrogen-bond donors (Lipinski definition) is 1. The van der Waals surface area contributed by atoms with Crippen molar-refractivity contribution in [3.8, 4) is 0 Å². The van der Waals surface area contributed by atoms with Gasteiger partial charge in [-0.3, -0.25) is 0 Å². The third kappa shape index (κ3) is 4.70. The Kier molecular flexibility index (Phi) is 5.22. The summed E-state index contributed by atoms with van der Waals surface area (Å²) in [5, 5.41) is 2.56. The molecule has 0 saturated carbocycles. The highest BCUT2D eigenvalue weighted by molar-refractivity contribution is 6.29. The molecule has 1 N–H and O–H groups in total. The van der Waals surface area contributed by atoms with E-state index >= 15 is 0 Å². The first kappa shape index (κ1) is 15.0. The first-order chi connectivity index (χ1) is 8.32. The Morgan fingerprint density at radius 3 is 2.67 bits per heavy atom. The average Bonchev–Trinajstić information content (AvgIpc) is 2.25. The van der Waals surface area contributed by atoms with E-state index < -0.39 is 11.7 Å². The lowest BCUT2D eigenvalue weighted by Crippen LogP contribution is -2.20. The van der Waals surface area contributed by atoms with Crippen LogP contribution in [0.2, 0.25) is 5.15 Å². The Balaban J connectivity index is 2.75. The fourth-order valence-electron chi connectivity index (χ4n) is 1.34. The van der Waals surface area contributed by atoms with Crippen molar-refractivity contribution in [2.45, 2.75) is 26.1 Å². The fourth-order valence-corrected chi connectivity index (χ4v) is 1.55. The van der Waals surface area contributed by atoms with Gasteiger partial charge in [-0.15, -0.1) is 0 Å². The van der Waals surface area contributed by atoms with Gasteiger partial charge in [-0.2, -0.15) is 13.2 Å². The van der Waals surface area contributed by atoms with Crippen LogP contribution in [0.3, 0.4) is 0 Å². The molecular weight excluding hydrogens is 269 g/mol. The summed E-state index contributed by atoms with van der Waals surface area (Å²) in [6.45, 7) is 4.56. The number of pyridine rings is 1. The zero-order chi connectivity index (χ0) is 13.8. The van der Waals surface area contributed by atoms with Gasteiger partial charge >= 0.3 is 6.18 Å². The van der Waals surface area contributed by atoms with Crippen LogP contribution in [0.1, 0.15) is 19.4 Å². The minimum Gasteiger partial charge on any atom is -0.377 e. The molecule has 7 heteroatoms. The highest BCUT2D eigenvalue weighted by Crippen LogP contribution is 2.31. The van der Waals surface area contributed by atoms with Gasteiger partial charge in [-0.25, -0.2) is 4.98 Å². The molecule has 0 saturated heterocycles. The Morgan fingerprint density at radius 2 is 2.11 bits per heavy atom. The van der Waals surface area contributed by atoms with E-state index in [4.69, 9.17) is 16.3 Å². The Hall–Kier alpha value is -1.01. The van der Waals surface area contributed by atoms with Crippen molar-refractivity contribution < 1.29 is 17.9 Å². The van der Waals surface area contributed by atoms with E-state index in [2.05, 4.69) is 10.3 Å². The van der Waals surface area contributed by atoms with Crippen LogP contribution in [-0.4, -0.2) is 24.2 Å². The minimum absolute atomic E-state index is 0.0846. The normalized spacial score (nSPS) is 13.4. The molecule has 1 rings (SSSR count). The van der Waals surface area contributed by atoms with Crippen LogP contribution in [-0.2, 0) is 10.9 Å². The van der Waals surface area contributed by atoms with Crippen LogP contribution in [0.5, 0.6) is 0 Å². The Bertz CT molecular complexity index is 398. The molecule has 0 bridgehead atoms. The molecule has 0 spiro atoms. The SMILES string of the molecule is CCOC(C)CNc1cc(C(F)(F)F)cc(Cl)n1. The molecular formula is C11H14ClF3N2O. The molecule has 0 radical (unpaired) electrons. The zero-order valence-corrected chi connectivity index (χ0v) is 10.8. The van der Waals surface area contributed by atoms with Crippen LogP contribution < -0.4 is 5.32 Å². The number of anilines is 1. The van der Waals surface area contributed by atoms with E-state index in [-0.39, 0.29) is 17.1 Å². The zero-order valence-electron chi connectivity index (χ0n) is 10.0. The maximum absolute atomic E-state index is 12.5. The molecule has 102 valence electrons. The van der Waals surface area contributed by atoms with E-state index in [1.54, 1.807) is 0 Å². The summed E-state index contributed by atoms with van der Waals surface area (Å²) in [6.07, 6.45) is -4.56. The van der Waals surface area contributed by atoms with Crippen molar-refractivity contribution in [2.24, 2.45) is 0 Å². The summed E-state index contributed by atoms with van der Waals surface area (Å²) in [6, 6.07) is 1.71. The van der Waals surface area contributed by atoms with Gasteiger partial charge in [0.25, 0.3) is 0 Å². The summed E-state index contributed by atoms with van der Waals surface area (Å²) < 4.78 is 42.8. The van der Waals surface area contributed by atoms with Gasteiger partial charge < -0.3 is 10.1 Å². The first-order valence-corrected chi connectivity index (χ1v) is 5.81. The highest BCUT2D eigenvalue weighted by atomic mass is 35.5. The molecule has 1 heterocycles. The Morgan fingerprint density at radius 1 is 1.44 bits per heavy atom. The molecule has 1 unspecified atom stereocenters. The molecule has 0 aliphatic rings. The number of nitrogens with one attached hydrogen (secondary N) is 1. The minimum atomic E-state index is -4.44. The van der Waals surface area contributed by atoms with Crippen LogP contribution in [0.4, 0.5) is 19.0 Å². The lowest BCUT2D eigenvalue weighted by Gasteiger charge is -2.14. The quantitative estimate of drug-likeness (QED) is 0.838. The van der Waals surface area contributed by atoms with E-state index in [1.165, 1.54) is 0 Å². The standard InChI is InChI=1S/C11H14ClF3N2O/c1-3-18-7(2)6-16-10-5-8(11(13,14)15)4-9(12)17-10/h4-5,7H,3,6H2,1-2H3,(H,16,17). The second-order valence-corrected chi connectivity index (χ2v) is 4.10. The molecule has 3 nitrogen and oxygen atoms in total. The second-order valence-electron chi connectivity index (χ2n) is 3.71. The van der Waals surface area contributed by atoms with Crippen molar-refractivity contribution in [3.63, 3.8) is 0 Å². The average molecular weight is 283 g/mol. The molecule has 18 heavy (non-hydrogen) atoms. The number of aromatic nitrogens is 1. The molecule has 0 aromatic carbocycles. The number of alkyl halides is 3. The largest absolute Gasteiger partial charge is 0.416 e. The predicted octanol–water partition coefficient (Wildman–Crippen LogP) is 3.59. The molecule has 0 fully saturated rings. The molecule has 1 aromatic rings. The third-order valence-corrected chi connectivity index (χ3v) is 2.34. The van der Waals surface area contributed by atoms with Gasteiger partial charge in [-0.05, 0) is 26.0 Å². The topological polar surface area (TPSA) is 34.1 Å². The van der Waals surface area contributed by atoms with Crippen molar-refractivity contribution >= 4 is 17.4 Å². The number of hydrogen-bond acceptors (Lipinski definition) is 3. The van der Waals surface area contributed by atoms with Gasteiger partial charge in [0.1, 0.15) is 11.0 Å². The van der Waals surface area contributed by atoms with Crippen molar-refractivity contribution in [3.05, 3.63) is 22.8 Å². The summed E-state index contributed by atoms with van der Waals surface area (Å²) in [7, 11) is 0. The van der Waals surface area contributed by atoms with Gasteiger partial charge in [-0.1, -0.05) is 11.6 Å². The van der Waals surface area contributed by atoms with Crippen molar-refractivity contribution in [1.29, 1.82) is 0 Å². The summed E-state index contributed by atoms with van der Waals surface area (Å²) in [5.74, 6) is 0.0846. The molecule has 0 aliphatic carbocycles. The lowest BCUT2D eigenvalue weighted by atomic mass is 10.2. The maximum atomic E-state index is 12.5. The number of rotatable bonds is 5. The van der Waals surface area contributed by atoms with Crippen LogP contribution >= 0.6 is 11.6 Å². The van der Waals surface area contributed by atoms with Crippen molar-refractivity contribution in [2.75, 3.05) is 18.5 Å². The molecule has 1 aromatic heterocycles. The Labute approximate surface area is 108 Å².